The molecule has 0 fully saturated rings. The Morgan fingerprint density at radius 1 is 1.18 bits per heavy atom. The molecule has 146 valence electrons. The summed E-state index contributed by atoms with van der Waals surface area (Å²) in [6, 6.07) is 12.5. The van der Waals surface area contributed by atoms with E-state index >= 15 is 0 Å². The van der Waals surface area contributed by atoms with Crippen LogP contribution in [0.25, 0.3) is 0 Å². The van der Waals surface area contributed by atoms with Gasteiger partial charge in [0.1, 0.15) is 5.69 Å². The van der Waals surface area contributed by atoms with Crippen LogP contribution in [0.1, 0.15) is 26.6 Å². The number of hydrogen-bond acceptors (Lipinski definition) is 5. The van der Waals surface area contributed by atoms with Gasteiger partial charge < -0.3 is 15.2 Å². The molecule has 28 heavy (non-hydrogen) atoms. The maximum absolute atomic E-state index is 12.6. The maximum atomic E-state index is 12.6. The topological polar surface area (TPSA) is 89.2 Å². The minimum absolute atomic E-state index is 0.0194. The van der Waals surface area contributed by atoms with Crippen molar-refractivity contribution >= 4 is 28.6 Å². The molecule has 0 aliphatic carbocycles. The van der Waals surface area contributed by atoms with E-state index in [2.05, 4.69) is 21.3 Å². The second-order valence-electron chi connectivity index (χ2n) is 6.41. The van der Waals surface area contributed by atoms with E-state index in [-0.39, 0.29) is 11.6 Å². The Bertz CT molecular complexity index is 980. The van der Waals surface area contributed by atoms with Gasteiger partial charge in [-0.2, -0.15) is 0 Å². The highest BCUT2D eigenvalue weighted by molar-refractivity contribution is 7.09. The van der Waals surface area contributed by atoms with Gasteiger partial charge in [-0.1, -0.05) is 18.2 Å². The monoisotopic (exact) mass is 398 g/mol. The molecule has 0 radical (unpaired) electrons. The number of nitrogens with zero attached hydrogens (tertiary/aromatic N) is 2. The molecule has 8 heteroatoms. The van der Waals surface area contributed by atoms with Crippen molar-refractivity contribution in [3.05, 3.63) is 79.8 Å². The van der Waals surface area contributed by atoms with E-state index in [1.165, 1.54) is 10.9 Å². The summed E-state index contributed by atoms with van der Waals surface area (Å²) in [6.45, 7) is 5.44. The predicted molar refractivity (Wildman–Crippen MR) is 111 cm³/mol. The van der Waals surface area contributed by atoms with Crippen molar-refractivity contribution in [3.8, 4) is 0 Å². The van der Waals surface area contributed by atoms with Gasteiger partial charge in [-0.3, -0.25) is 14.9 Å². The van der Waals surface area contributed by atoms with Crippen LogP contribution >= 0.6 is 11.3 Å². The number of carbonyl (C=O) groups is 1. The average Bonchev–Trinajstić information content (AvgIpc) is 3.29. The third-order valence-corrected chi connectivity index (χ3v) is 5.40. The number of benzene rings is 1. The fourth-order valence-corrected chi connectivity index (χ4v) is 3.78. The molecule has 0 bridgehead atoms. The second kappa shape index (κ2) is 8.71. The SMILES string of the molecule is Cc1cc(C(=O)NCCNc2ccccc2[N+](=O)[O-])c(C)n1Cc1cccs1. The summed E-state index contributed by atoms with van der Waals surface area (Å²) in [6.07, 6.45) is 0. The number of nitro benzene ring substituents is 1. The lowest BCUT2D eigenvalue weighted by Gasteiger charge is -2.10. The van der Waals surface area contributed by atoms with E-state index in [1.54, 1.807) is 29.5 Å². The highest BCUT2D eigenvalue weighted by atomic mass is 32.1. The minimum Gasteiger partial charge on any atom is -0.378 e. The van der Waals surface area contributed by atoms with Crippen LogP contribution in [0.5, 0.6) is 0 Å². The molecule has 0 atom stereocenters. The predicted octanol–water partition coefficient (Wildman–Crippen LogP) is 3.96. The maximum Gasteiger partial charge on any atom is 0.292 e. The van der Waals surface area contributed by atoms with Crippen molar-refractivity contribution in [3.63, 3.8) is 0 Å². The van der Waals surface area contributed by atoms with Gasteiger partial charge in [0.2, 0.25) is 0 Å². The van der Waals surface area contributed by atoms with E-state index in [9.17, 15) is 14.9 Å². The average molecular weight is 398 g/mol. The van der Waals surface area contributed by atoms with E-state index in [1.807, 2.05) is 31.4 Å². The number of amides is 1. The Labute approximate surface area is 167 Å². The van der Waals surface area contributed by atoms with E-state index in [0.717, 1.165) is 17.9 Å². The standard InChI is InChI=1S/C20H22N4O3S/c1-14-12-17(15(2)23(14)13-16-6-5-11-28-16)20(25)22-10-9-21-18-7-3-4-8-19(18)24(26)27/h3-8,11-12,21H,9-10,13H2,1-2H3,(H,22,25). The van der Waals surface area contributed by atoms with Crippen LogP contribution < -0.4 is 10.6 Å². The van der Waals surface area contributed by atoms with Crippen LogP contribution in [0.3, 0.4) is 0 Å². The highest BCUT2D eigenvalue weighted by Crippen LogP contribution is 2.23. The van der Waals surface area contributed by atoms with Crippen molar-refractivity contribution in [1.82, 2.24) is 9.88 Å². The highest BCUT2D eigenvalue weighted by Gasteiger charge is 2.16. The number of para-hydroxylation sites is 2. The van der Waals surface area contributed by atoms with Gasteiger partial charge in [0.25, 0.3) is 11.6 Å². The number of hydrogen-bond donors (Lipinski definition) is 2. The summed E-state index contributed by atoms with van der Waals surface area (Å²) >= 11 is 1.69. The van der Waals surface area contributed by atoms with Crippen LogP contribution in [0.15, 0.2) is 47.8 Å². The Morgan fingerprint density at radius 2 is 1.96 bits per heavy atom. The first-order valence-corrected chi connectivity index (χ1v) is 9.80. The van der Waals surface area contributed by atoms with E-state index in [0.29, 0.717) is 24.3 Å². The third-order valence-electron chi connectivity index (χ3n) is 4.54. The lowest BCUT2D eigenvalue weighted by Crippen LogP contribution is -2.29. The zero-order valence-corrected chi connectivity index (χ0v) is 16.6. The molecule has 0 aliphatic heterocycles. The molecule has 1 amide bonds. The zero-order valence-electron chi connectivity index (χ0n) is 15.8. The molecule has 2 aromatic heterocycles. The number of thiophene rings is 1. The van der Waals surface area contributed by atoms with Crippen LogP contribution in [0.4, 0.5) is 11.4 Å². The largest absolute Gasteiger partial charge is 0.378 e. The van der Waals surface area contributed by atoms with Gasteiger partial charge in [-0.15, -0.1) is 11.3 Å². The van der Waals surface area contributed by atoms with Crippen molar-refractivity contribution in [2.24, 2.45) is 0 Å². The fourth-order valence-electron chi connectivity index (χ4n) is 3.08. The molecule has 0 saturated carbocycles. The van der Waals surface area contributed by atoms with Gasteiger partial charge in [0.05, 0.1) is 17.0 Å². The van der Waals surface area contributed by atoms with Crippen LogP contribution in [-0.2, 0) is 6.54 Å². The number of aromatic nitrogens is 1. The quantitative estimate of drug-likeness (QED) is 0.341. The van der Waals surface area contributed by atoms with Gasteiger partial charge in [0.15, 0.2) is 0 Å². The number of nitrogens with one attached hydrogen (secondary N) is 2. The van der Waals surface area contributed by atoms with Crippen molar-refractivity contribution in [1.29, 1.82) is 0 Å². The summed E-state index contributed by atoms with van der Waals surface area (Å²) in [4.78, 5) is 24.4. The summed E-state index contributed by atoms with van der Waals surface area (Å²) < 4.78 is 2.13. The first-order valence-electron chi connectivity index (χ1n) is 8.92. The van der Waals surface area contributed by atoms with E-state index in [4.69, 9.17) is 0 Å². The molecule has 2 N–H and O–H groups in total. The summed E-state index contributed by atoms with van der Waals surface area (Å²) in [7, 11) is 0. The number of aryl methyl sites for hydroxylation is 1. The molecule has 0 saturated heterocycles. The Kier molecular flexibility index (Phi) is 6.10. The van der Waals surface area contributed by atoms with Crippen molar-refractivity contribution in [2.75, 3.05) is 18.4 Å². The van der Waals surface area contributed by atoms with Gasteiger partial charge >= 0.3 is 0 Å². The van der Waals surface area contributed by atoms with Gasteiger partial charge in [-0.25, -0.2) is 0 Å². The Hall–Kier alpha value is -3.13. The number of anilines is 1. The summed E-state index contributed by atoms with van der Waals surface area (Å²) in [5.74, 6) is -0.144. The van der Waals surface area contributed by atoms with E-state index < -0.39 is 4.92 Å². The molecular formula is C20H22N4O3S. The first kappa shape index (κ1) is 19.6. The van der Waals surface area contributed by atoms with Crippen LogP contribution in [0, 0.1) is 24.0 Å². The Morgan fingerprint density at radius 3 is 2.68 bits per heavy atom. The summed E-state index contributed by atoms with van der Waals surface area (Å²) in [5, 5.41) is 18.9. The smallest absolute Gasteiger partial charge is 0.292 e. The molecule has 2 heterocycles. The molecule has 7 nitrogen and oxygen atoms in total. The molecule has 0 unspecified atom stereocenters. The normalized spacial score (nSPS) is 10.6. The molecule has 3 rings (SSSR count). The summed E-state index contributed by atoms with van der Waals surface area (Å²) in [5.41, 5.74) is 3.07. The van der Waals surface area contributed by atoms with Crippen molar-refractivity contribution < 1.29 is 9.72 Å². The van der Waals surface area contributed by atoms with Crippen molar-refractivity contribution in [2.45, 2.75) is 20.4 Å². The lowest BCUT2D eigenvalue weighted by atomic mass is 10.2. The number of carbonyl (C=O) groups excluding carboxylic acids is 1. The fraction of sp³-hybridized carbons (Fsp3) is 0.250. The molecule has 0 spiro atoms. The first-order chi connectivity index (χ1) is 13.5. The molecule has 0 aliphatic rings. The third kappa shape index (κ3) is 4.40. The molecule has 1 aromatic carbocycles. The molecule has 3 aromatic rings. The zero-order chi connectivity index (χ0) is 20.1. The van der Waals surface area contributed by atoms with Gasteiger partial charge in [0, 0.05) is 35.4 Å². The number of rotatable bonds is 8. The second-order valence-corrected chi connectivity index (χ2v) is 7.44. The van der Waals surface area contributed by atoms with Gasteiger partial charge in [-0.05, 0) is 37.4 Å². The molecular weight excluding hydrogens is 376 g/mol. The minimum atomic E-state index is -0.427. The Balaban J connectivity index is 1.58. The van der Waals surface area contributed by atoms with Crippen LogP contribution in [0.2, 0.25) is 0 Å². The van der Waals surface area contributed by atoms with Crippen LogP contribution in [-0.4, -0.2) is 28.5 Å². The number of nitro groups is 1. The lowest BCUT2D eigenvalue weighted by molar-refractivity contribution is -0.384.